The van der Waals surface area contributed by atoms with E-state index in [1.165, 1.54) is 31.6 Å². The molecule has 0 spiro atoms. The minimum atomic E-state index is 1.17. The Morgan fingerprint density at radius 3 is 3.33 bits per heavy atom. The zero-order valence-electron chi connectivity index (χ0n) is 5.38. The second-order valence-electron chi connectivity index (χ2n) is 2.49. The molecule has 47 valence electrons. The maximum atomic E-state index is 4.22. The molecule has 2 aliphatic rings. The molecule has 0 aromatic heterocycles. The summed E-state index contributed by atoms with van der Waals surface area (Å²) >= 11 is 0. The van der Waals surface area contributed by atoms with Crippen molar-refractivity contribution in [3.63, 3.8) is 0 Å². The van der Waals surface area contributed by atoms with Crippen molar-refractivity contribution < 1.29 is 4.58 Å². The van der Waals surface area contributed by atoms with E-state index in [0.717, 1.165) is 0 Å². The van der Waals surface area contributed by atoms with Crippen LogP contribution in [0, 0.1) is 0 Å². The van der Waals surface area contributed by atoms with Crippen molar-refractivity contribution >= 4 is 5.84 Å². The molecular weight excluding hydrogens is 112 g/mol. The second-order valence-corrected chi connectivity index (χ2v) is 2.49. The van der Waals surface area contributed by atoms with Gasteiger partial charge in [0, 0.05) is 0 Å². The van der Waals surface area contributed by atoms with Gasteiger partial charge in [-0.1, -0.05) is 5.32 Å². The Labute approximate surface area is 54.9 Å². The van der Waals surface area contributed by atoms with Gasteiger partial charge in [-0.3, -0.25) is 0 Å². The Balaban J connectivity index is 2.24. The van der Waals surface area contributed by atoms with Crippen LogP contribution in [0.1, 0.15) is 19.3 Å². The Hall–Kier alpha value is -0.790. The molecule has 0 unspecified atom stereocenters. The van der Waals surface area contributed by atoms with Crippen LogP contribution >= 0.6 is 0 Å². The lowest BCUT2D eigenvalue weighted by molar-refractivity contribution is -0.460. The van der Waals surface area contributed by atoms with E-state index >= 15 is 0 Å². The summed E-state index contributed by atoms with van der Waals surface area (Å²) < 4.78 is 2.24. The molecule has 2 rings (SSSR count). The molecule has 9 heavy (non-hydrogen) atoms. The summed E-state index contributed by atoms with van der Waals surface area (Å²) in [7, 11) is 0. The SMILES string of the molecule is C1=C[N+]2=C(CCCC2)[N]1. The van der Waals surface area contributed by atoms with Crippen LogP contribution in [-0.2, 0) is 0 Å². The van der Waals surface area contributed by atoms with Crippen LogP contribution in [0.3, 0.4) is 0 Å². The normalized spacial score (nSPS) is 24.0. The average molecular weight is 122 g/mol. The first-order chi connectivity index (χ1) is 4.47. The second kappa shape index (κ2) is 1.87. The maximum absolute atomic E-state index is 4.22. The van der Waals surface area contributed by atoms with Gasteiger partial charge in [0.1, 0.15) is 6.20 Å². The van der Waals surface area contributed by atoms with Gasteiger partial charge >= 0.3 is 0 Å². The average Bonchev–Trinajstić information content (AvgIpc) is 2.33. The predicted molar refractivity (Wildman–Crippen MR) is 35.3 cm³/mol. The van der Waals surface area contributed by atoms with E-state index in [0.29, 0.717) is 0 Å². The monoisotopic (exact) mass is 122 g/mol. The Kier molecular flexibility index (Phi) is 1.04. The van der Waals surface area contributed by atoms with Crippen LogP contribution in [0.15, 0.2) is 12.4 Å². The van der Waals surface area contributed by atoms with Crippen molar-refractivity contribution in [3.8, 4) is 0 Å². The number of rotatable bonds is 0. The lowest BCUT2D eigenvalue weighted by Crippen LogP contribution is -2.23. The largest absolute Gasteiger partial charge is 0.298 e. The summed E-state index contributed by atoms with van der Waals surface area (Å²) in [5.74, 6) is 1.27. The smallest absolute Gasteiger partial charge is 0.231 e. The Bertz CT molecular complexity index is 179. The summed E-state index contributed by atoms with van der Waals surface area (Å²) in [5.41, 5.74) is 0. The van der Waals surface area contributed by atoms with E-state index in [4.69, 9.17) is 0 Å². The third-order valence-corrected chi connectivity index (χ3v) is 1.85. The molecule has 0 N–H and O–H groups in total. The van der Waals surface area contributed by atoms with Gasteiger partial charge in [-0.2, -0.15) is 0 Å². The van der Waals surface area contributed by atoms with E-state index < -0.39 is 0 Å². The molecule has 0 aromatic carbocycles. The topological polar surface area (TPSA) is 17.1 Å². The molecule has 0 fully saturated rings. The van der Waals surface area contributed by atoms with Crippen LogP contribution in [-0.4, -0.2) is 17.0 Å². The van der Waals surface area contributed by atoms with Crippen LogP contribution in [0.25, 0.3) is 0 Å². The molecule has 2 nitrogen and oxygen atoms in total. The van der Waals surface area contributed by atoms with Gasteiger partial charge in [0.25, 0.3) is 5.84 Å². The third-order valence-electron chi connectivity index (χ3n) is 1.85. The van der Waals surface area contributed by atoms with E-state index in [1.807, 2.05) is 6.20 Å². The zero-order valence-corrected chi connectivity index (χ0v) is 5.38. The van der Waals surface area contributed by atoms with Crippen molar-refractivity contribution in [3.05, 3.63) is 12.4 Å². The van der Waals surface area contributed by atoms with Crippen molar-refractivity contribution in [2.24, 2.45) is 0 Å². The zero-order chi connectivity index (χ0) is 6.10. The van der Waals surface area contributed by atoms with Crippen molar-refractivity contribution in [1.29, 1.82) is 0 Å². The van der Waals surface area contributed by atoms with Crippen LogP contribution < -0.4 is 5.32 Å². The van der Waals surface area contributed by atoms with Crippen LogP contribution in [0.2, 0.25) is 0 Å². The van der Waals surface area contributed by atoms with E-state index in [1.54, 1.807) is 0 Å². The molecule has 0 aromatic rings. The quantitative estimate of drug-likeness (QED) is 0.420. The maximum Gasteiger partial charge on any atom is 0.298 e. The van der Waals surface area contributed by atoms with Gasteiger partial charge in [-0.05, 0) is 12.8 Å². The molecule has 0 bridgehead atoms. The fraction of sp³-hybridized carbons (Fsp3) is 0.571. The van der Waals surface area contributed by atoms with Crippen LogP contribution in [0.5, 0.6) is 0 Å². The lowest BCUT2D eigenvalue weighted by Gasteiger charge is -2.05. The summed E-state index contributed by atoms with van der Waals surface area (Å²) in [6.07, 6.45) is 7.77. The Morgan fingerprint density at radius 1 is 1.44 bits per heavy atom. The van der Waals surface area contributed by atoms with E-state index in [-0.39, 0.29) is 0 Å². The summed E-state index contributed by atoms with van der Waals surface area (Å²) in [6, 6.07) is 0. The number of hydrogen-bond acceptors (Lipinski definition) is 0. The highest BCUT2D eigenvalue weighted by molar-refractivity contribution is 5.79. The fourth-order valence-electron chi connectivity index (χ4n) is 1.34. The molecule has 2 aliphatic heterocycles. The highest BCUT2D eigenvalue weighted by Gasteiger charge is 2.22. The van der Waals surface area contributed by atoms with Crippen molar-refractivity contribution in [1.82, 2.24) is 5.32 Å². The molecule has 0 amide bonds. The molecule has 0 aliphatic carbocycles. The highest BCUT2D eigenvalue weighted by atomic mass is 15.1. The standard InChI is InChI=1S/C7H10N2/c1-2-5-9-6-4-8-7(9)3-1/h4,6H,1-3,5H2/q+1. The summed E-state index contributed by atoms with van der Waals surface area (Å²) in [5, 5.41) is 4.22. The Morgan fingerprint density at radius 2 is 2.44 bits per heavy atom. The fourth-order valence-corrected chi connectivity index (χ4v) is 1.34. The summed E-state index contributed by atoms with van der Waals surface area (Å²) in [4.78, 5) is 0. The number of hydrogen-bond donors (Lipinski definition) is 0. The minimum absolute atomic E-state index is 1.17. The molecule has 0 saturated carbocycles. The van der Waals surface area contributed by atoms with Gasteiger partial charge in [-0.25, -0.2) is 4.58 Å². The number of nitrogens with zero attached hydrogens (tertiary/aromatic N) is 2. The third kappa shape index (κ3) is 0.745. The molecule has 1 radical (unpaired) electrons. The van der Waals surface area contributed by atoms with E-state index in [2.05, 4.69) is 16.1 Å². The predicted octanol–water partition coefficient (Wildman–Crippen LogP) is 0.670. The van der Waals surface area contributed by atoms with Gasteiger partial charge in [0.05, 0.1) is 13.0 Å². The minimum Gasteiger partial charge on any atom is -0.231 e. The molecule has 0 saturated heterocycles. The molecular formula is C7H10N2+. The molecule has 2 heterocycles. The highest BCUT2D eigenvalue weighted by Crippen LogP contribution is 2.08. The van der Waals surface area contributed by atoms with Gasteiger partial charge in [0.2, 0.25) is 0 Å². The van der Waals surface area contributed by atoms with Gasteiger partial charge < -0.3 is 0 Å². The van der Waals surface area contributed by atoms with E-state index in [9.17, 15) is 0 Å². The lowest BCUT2D eigenvalue weighted by atomic mass is 10.2. The van der Waals surface area contributed by atoms with Crippen LogP contribution in [0.4, 0.5) is 0 Å². The van der Waals surface area contributed by atoms with Gasteiger partial charge in [-0.15, -0.1) is 0 Å². The first kappa shape index (κ1) is 5.03. The van der Waals surface area contributed by atoms with Crippen molar-refractivity contribution in [2.45, 2.75) is 19.3 Å². The van der Waals surface area contributed by atoms with Crippen molar-refractivity contribution in [2.75, 3.05) is 6.54 Å². The summed E-state index contributed by atoms with van der Waals surface area (Å²) in [6.45, 7) is 1.18. The molecule has 2 heteroatoms. The number of amidine groups is 1. The first-order valence-electron chi connectivity index (χ1n) is 3.47. The molecule has 0 atom stereocenters. The first-order valence-corrected chi connectivity index (χ1v) is 3.47. The van der Waals surface area contributed by atoms with Gasteiger partial charge in [0.15, 0.2) is 6.20 Å².